The molecule has 0 heterocycles. The molecule has 0 saturated carbocycles. The van der Waals surface area contributed by atoms with Gasteiger partial charge in [-0.05, 0) is 28.8 Å². The summed E-state index contributed by atoms with van der Waals surface area (Å²) in [5, 5.41) is 12.3. The molecule has 2 rings (SSSR count). The molecule has 0 amide bonds. The molecule has 0 atom stereocenters. The molecule has 0 unspecified atom stereocenters. The third-order valence-electron chi connectivity index (χ3n) is 2.94. The predicted octanol–water partition coefficient (Wildman–Crippen LogP) is 2.94. The first-order valence-electron chi connectivity index (χ1n) is 6.32. The summed E-state index contributed by atoms with van der Waals surface area (Å²) >= 11 is 0. The van der Waals surface area contributed by atoms with Crippen LogP contribution >= 0.6 is 0 Å². The van der Waals surface area contributed by atoms with Crippen molar-refractivity contribution in [3.63, 3.8) is 0 Å². The van der Waals surface area contributed by atoms with E-state index in [1.165, 1.54) is 11.1 Å². The third-order valence-corrected chi connectivity index (χ3v) is 2.94. The van der Waals surface area contributed by atoms with E-state index in [1.54, 1.807) is 7.11 Å². The number of rotatable bonds is 6. The van der Waals surface area contributed by atoms with E-state index in [0.717, 1.165) is 17.8 Å². The maximum Gasteiger partial charge on any atom is 0.0713 e. The highest BCUT2D eigenvalue weighted by atomic mass is 16.5. The van der Waals surface area contributed by atoms with E-state index < -0.39 is 0 Å². The number of aliphatic hydroxyl groups is 1. The molecule has 0 aromatic heterocycles. The van der Waals surface area contributed by atoms with E-state index in [2.05, 4.69) is 23.5 Å². The molecule has 0 fully saturated rings. The van der Waals surface area contributed by atoms with Crippen LogP contribution in [0.15, 0.2) is 48.5 Å². The van der Waals surface area contributed by atoms with Crippen molar-refractivity contribution in [2.45, 2.75) is 19.8 Å². The minimum absolute atomic E-state index is 0.0827. The van der Waals surface area contributed by atoms with Gasteiger partial charge < -0.3 is 15.2 Å². The lowest BCUT2D eigenvalue weighted by Gasteiger charge is -2.08. The van der Waals surface area contributed by atoms with Gasteiger partial charge in [0, 0.05) is 19.3 Å². The van der Waals surface area contributed by atoms with E-state index in [-0.39, 0.29) is 6.61 Å². The second-order valence-corrected chi connectivity index (χ2v) is 4.46. The second kappa shape index (κ2) is 6.92. The van der Waals surface area contributed by atoms with E-state index >= 15 is 0 Å². The van der Waals surface area contributed by atoms with Gasteiger partial charge in [-0.2, -0.15) is 0 Å². The summed E-state index contributed by atoms with van der Waals surface area (Å²) in [5.74, 6) is 0. The van der Waals surface area contributed by atoms with E-state index in [9.17, 15) is 0 Å². The molecule has 0 aliphatic carbocycles. The van der Waals surface area contributed by atoms with Gasteiger partial charge in [0.25, 0.3) is 0 Å². The van der Waals surface area contributed by atoms with Crippen LogP contribution in [0.25, 0.3) is 0 Å². The molecular formula is C16H19NO2. The molecule has 19 heavy (non-hydrogen) atoms. The zero-order chi connectivity index (χ0) is 13.5. The smallest absolute Gasteiger partial charge is 0.0713 e. The first kappa shape index (κ1) is 13.6. The van der Waals surface area contributed by atoms with Gasteiger partial charge in [-0.15, -0.1) is 0 Å². The lowest BCUT2D eigenvalue weighted by Crippen LogP contribution is -2.00. The van der Waals surface area contributed by atoms with Crippen molar-refractivity contribution >= 4 is 5.69 Å². The minimum Gasteiger partial charge on any atom is -0.392 e. The quantitative estimate of drug-likeness (QED) is 0.836. The van der Waals surface area contributed by atoms with Crippen LogP contribution in [0.3, 0.4) is 0 Å². The van der Waals surface area contributed by atoms with E-state index in [4.69, 9.17) is 9.84 Å². The van der Waals surface area contributed by atoms with Crippen molar-refractivity contribution in [2.24, 2.45) is 0 Å². The molecule has 100 valence electrons. The Hall–Kier alpha value is -1.84. The minimum atomic E-state index is 0.0827. The van der Waals surface area contributed by atoms with Crippen LogP contribution in [0.2, 0.25) is 0 Å². The normalized spacial score (nSPS) is 10.4. The number of hydrogen-bond acceptors (Lipinski definition) is 3. The molecule has 0 bridgehead atoms. The number of benzene rings is 2. The average molecular weight is 257 g/mol. The van der Waals surface area contributed by atoms with Gasteiger partial charge >= 0.3 is 0 Å². The average Bonchev–Trinajstić information content (AvgIpc) is 2.46. The largest absolute Gasteiger partial charge is 0.392 e. The summed E-state index contributed by atoms with van der Waals surface area (Å²) in [4.78, 5) is 0. The Balaban J connectivity index is 1.95. The summed E-state index contributed by atoms with van der Waals surface area (Å²) in [6.07, 6.45) is 0. The zero-order valence-corrected chi connectivity index (χ0v) is 11.1. The van der Waals surface area contributed by atoms with Crippen LogP contribution in [-0.2, 0) is 24.5 Å². The molecule has 3 heteroatoms. The molecule has 2 aromatic carbocycles. The number of methoxy groups -OCH3 is 1. The van der Waals surface area contributed by atoms with Gasteiger partial charge in [-0.1, -0.05) is 36.4 Å². The van der Waals surface area contributed by atoms with E-state index in [0.29, 0.717) is 6.61 Å². The molecule has 2 N–H and O–H groups in total. The zero-order valence-electron chi connectivity index (χ0n) is 11.1. The van der Waals surface area contributed by atoms with Crippen LogP contribution < -0.4 is 5.32 Å². The summed E-state index contributed by atoms with van der Waals surface area (Å²) in [6.45, 7) is 1.49. The lowest BCUT2D eigenvalue weighted by molar-refractivity contribution is 0.185. The number of anilines is 1. The lowest BCUT2D eigenvalue weighted by atomic mass is 10.1. The van der Waals surface area contributed by atoms with Crippen molar-refractivity contribution in [2.75, 3.05) is 12.4 Å². The summed E-state index contributed by atoms with van der Waals surface area (Å²) in [5.41, 5.74) is 4.38. The van der Waals surface area contributed by atoms with Gasteiger partial charge in [-0.25, -0.2) is 0 Å². The Morgan fingerprint density at radius 3 is 2.42 bits per heavy atom. The SMILES string of the molecule is COCc1cccc(CNc2ccc(CO)cc2)c1. The summed E-state index contributed by atoms with van der Waals surface area (Å²) < 4.78 is 5.13. The molecule has 0 spiro atoms. The monoisotopic (exact) mass is 257 g/mol. The molecule has 0 aliphatic heterocycles. The number of nitrogens with one attached hydrogen (secondary N) is 1. The first-order chi connectivity index (χ1) is 9.31. The van der Waals surface area contributed by atoms with Crippen LogP contribution in [0.1, 0.15) is 16.7 Å². The molecule has 0 aliphatic rings. The fraction of sp³-hybridized carbons (Fsp3) is 0.250. The first-order valence-corrected chi connectivity index (χ1v) is 6.32. The third kappa shape index (κ3) is 4.09. The highest BCUT2D eigenvalue weighted by molar-refractivity contribution is 5.45. The molecule has 3 nitrogen and oxygen atoms in total. The fourth-order valence-corrected chi connectivity index (χ4v) is 1.93. The van der Waals surface area contributed by atoms with Gasteiger partial charge in [0.05, 0.1) is 13.2 Å². The standard InChI is InChI=1S/C16H19NO2/c1-19-12-15-4-2-3-14(9-15)10-17-16-7-5-13(11-18)6-8-16/h2-9,17-18H,10-12H2,1H3. The fourth-order valence-electron chi connectivity index (χ4n) is 1.93. The van der Waals surface area contributed by atoms with Gasteiger partial charge in [0.1, 0.15) is 0 Å². The predicted molar refractivity (Wildman–Crippen MR) is 76.8 cm³/mol. The topological polar surface area (TPSA) is 41.5 Å². The molecule has 0 saturated heterocycles. The van der Waals surface area contributed by atoms with Crippen molar-refractivity contribution in [1.29, 1.82) is 0 Å². The Labute approximate surface area is 113 Å². The molecular weight excluding hydrogens is 238 g/mol. The highest BCUT2D eigenvalue weighted by Gasteiger charge is 1.97. The van der Waals surface area contributed by atoms with Crippen LogP contribution in [0, 0.1) is 0 Å². The molecule has 2 aromatic rings. The maximum atomic E-state index is 8.99. The van der Waals surface area contributed by atoms with E-state index in [1.807, 2.05) is 30.3 Å². The summed E-state index contributed by atoms with van der Waals surface area (Å²) in [6, 6.07) is 16.1. The van der Waals surface area contributed by atoms with Crippen LogP contribution in [-0.4, -0.2) is 12.2 Å². The number of hydrogen-bond donors (Lipinski definition) is 2. The van der Waals surface area contributed by atoms with Gasteiger partial charge in [0.15, 0.2) is 0 Å². The Kier molecular flexibility index (Phi) is 4.95. The summed E-state index contributed by atoms with van der Waals surface area (Å²) in [7, 11) is 1.70. The van der Waals surface area contributed by atoms with Crippen molar-refractivity contribution in [1.82, 2.24) is 0 Å². The second-order valence-electron chi connectivity index (χ2n) is 4.46. The van der Waals surface area contributed by atoms with Crippen molar-refractivity contribution in [3.8, 4) is 0 Å². The maximum absolute atomic E-state index is 8.99. The Morgan fingerprint density at radius 2 is 1.74 bits per heavy atom. The number of ether oxygens (including phenoxy) is 1. The van der Waals surface area contributed by atoms with Crippen LogP contribution in [0.5, 0.6) is 0 Å². The number of aliphatic hydroxyl groups excluding tert-OH is 1. The van der Waals surface area contributed by atoms with Crippen LogP contribution in [0.4, 0.5) is 5.69 Å². The van der Waals surface area contributed by atoms with Crippen molar-refractivity contribution < 1.29 is 9.84 Å². The Morgan fingerprint density at radius 1 is 1.00 bits per heavy atom. The Bertz CT molecular complexity index is 508. The van der Waals surface area contributed by atoms with Gasteiger partial charge in [-0.3, -0.25) is 0 Å². The van der Waals surface area contributed by atoms with Crippen molar-refractivity contribution in [3.05, 3.63) is 65.2 Å². The van der Waals surface area contributed by atoms with Gasteiger partial charge in [0.2, 0.25) is 0 Å². The molecule has 0 radical (unpaired) electrons. The highest BCUT2D eigenvalue weighted by Crippen LogP contribution is 2.12.